The van der Waals surface area contributed by atoms with Crippen LogP contribution in [0.3, 0.4) is 0 Å². The number of halogens is 2. The van der Waals surface area contributed by atoms with E-state index in [1.165, 1.54) is 28.0 Å². The maximum absolute atomic E-state index is 13.5. The predicted molar refractivity (Wildman–Crippen MR) is 126 cm³/mol. The number of carbonyl (C=O) groups excluding carboxylic acids is 1. The SMILES string of the molecule is CCOC(=O)C1=C(C)N=c2s/c(=C\c3ccc(OC(F)F)cc3)c(=O)n2[C@@H]1c1ccc(OC)cc1. The summed E-state index contributed by atoms with van der Waals surface area (Å²) in [7, 11) is 1.55. The molecule has 1 aliphatic heterocycles. The lowest BCUT2D eigenvalue weighted by Crippen LogP contribution is -2.39. The van der Waals surface area contributed by atoms with Crippen LogP contribution in [0, 0.1) is 0 Å². The highest BCUT2D eigenvalue weighted by Crippen LogP contribution is 2.31. The molecule has 35 heavy (non-hydrogen) atoms. The number of hydrogen-bond donors (Lipinski definition) is 0. The van der Waals surface area contributed by atoms with E-state index in [0.29, 0.717) is 31.9 Å². The number of allylic oxidation sites excluding steroid dienone is 1. The van der Waals surface area contributed by atoms with Crippen LogP contribution in [0.5, 0.6) is 11.5 Å². The van der Waals surface area contributed by atoms with E-state index in [1.54, 1.807) is 63.4 Å². The summed E-state index contributed by atoms with van der Waals surface area (Å²) in [6, 6.07) is 12.3. The average molecular weight is 501 g/mol. The van der Waals surface area contributed by atoms with Gasteiger partial charge in [-0.05, 0) is 55.3 Å². The minimum Gasteiger partial charge on any atom is -0.497 e. The van der Waals surface area contributed by atoms with E-state index in [9.17, 15) is 18.4 Å². The summed E-state index contributed by atoms with van der Waals surface area (Å²) in [6.07, 6.45) is 1.64. The Hall–Kier alpha value is -3.79. The second-order valence-electron chi connectivity index (χ2n) is 7.52. The number of hydrogen-bond acceptors (Lipinski definition) is 7. The van der Waals surface area contributed by atoms with Crippen molar-refractivity contribution in [3.8, 4) is 11.5 Å². The molecule has 2 heterocycles. The van der Waals surface area contributed by atoms with Gasteiger partial charge in [-0.2, -0.15) is 8.78 Å². The smallest absolute Gasteiger partial charge is 0.387 e. The Morgan fingerprint density at radius 3 is 2.40 bits per heavy atom. The van der Waals surface area contributed by atoms with Gasteiger partial charge in [0.05, 0.1) is 35.6 Å². The maximum atomic E-state index is 13.5. The van der Waals surface area contributed by atoms with Crippen molar-refractivity contribution in [3.63, 3.8) is 0 Å². The van der Waals surface area contributed by atoms with Gasteiger partial charge in [0.25, 0.3) is 5.56 Å². The van der Waals surface area contributed by atoms with Gasteiger partial charge in [-0.25, -0.2) is 9.79 Å². The number of esters is 1. The molecule has 3 aromatic rings. The van der Waals surface area contributed by atoms with Crippen molar-refractivity contribution in [1.29, 1.82) is 0 Å². The fraction of sp³-hybridized carbons (Fsp3) is 0.240. The van der Waals surface area contributed by atoms with E-state index in [2.05, 4.69) is 9.73 Å². The van der Waals surface area contributed by atoms with Crippen LogP contribution in [-0.4, -0.2) is 30.9 Å². The number of aromatic nitrogens is 1. The molecule has 0 fully saturated rings. The molecule has 0 spiro atoms. The van der Waals surface area contributed by atoms with E-state index >= 15 is 0 Å². The standard InChI is InChI=1S/C25H22F2N2O5S/c1-4-33-23(31)20-14(2)28-25-29(21(20)16-7-11-17(32-3)12-8-16)22(30)19(35-25)13-15-5-9-18(10-6-15)34-24(26)27/h5-13,21,24H,4H2,1-3H3/b19-13-/t21-/m1/s1. The first-order chi connectivity index (χ1) is 16.8. The van der Waals surface area contributed by atoms with Crippen LogP contribution in [0.1, 0.15) is 31.0 Å². The molecule has 0 saturated carbocycles. The van der Waals surface area contributed by atoms with Gasteiger partial charge in [0.15, 0.2) is 4.80 Å². The Labute approximate surface area is 203 Å². The molecule has 0 unspecified atom stereocenters. The number of rotatable bonds is 7. The second-order valence-corrected chi connectivity index (χ2v) is 8.53. The number of alkyl halides is 2. The van der Waals surface area contributed by atoms with Crippen LogP contribution in [-0.2, 0) is 9.53 Å². The Balaban J connectivity index is 1.85. The van der Waals surface area contributed by atoms with Gasteiger partial charge in [-0.15, -0.1) is 0 Å². The molecule has 0 amide bonds. The van der Waals surface area contributed by atoms with Crippen LogP contribution in [0.25, 0.3) is 6.08 Å². The van der Waals surface area contributed by atoms with Crippen molar-refractivity contribution < 1.29 is 27.8 Å². The normalized spacial score (nSPS) is 15.6. The molecule has 0 aliphatic carbocycles. The minimum absolute atomic E-state index is 0.0211. The summed E-state index contributed by atoms with van der Waals surface area (Å²) in [4.78, 5) is 31.4. The highest BCUT2D eigenvalue weighted by Gasteiger charge is 2.33. The second kappa shape index (κ2) is 10.2. The Morgan fingerprint density at radius 2 is 1.80 bits per heavy atom. The van der Waals surface area contributed by atoms with Gasteiger partial charge in [0, 0.05) is 0 Å². The number of benzene rings is 2. The molecule has 0 saturated heterocycles. The highest BCUT2D eigenvalue weighted by atomic mass is 32.1. The van der Waals surface area contributed by atoms with Crippen molar-refractivity contribution in [3.05, 3.63) is 90.6 Å². The zero-order valence-electron chi connectivity index (χ0n) is 19.2. The summed E-state index contributed by atoms with van der Waals surface area (Å²) in [6.45, 7) is 0.685. The zero-order chi connectivity index (χ0) is 25.1. The fourth-order valence-electron chi connectivity index (χ4n) is 3.79. The van der Waals surface area contributed by atoms with Crippen molar-refractivity contribution in [2.75, 3.05) is 13.7 Å². The summed E-state index contributed by atoms with van der Waals surface area (Å²) in [5, 5.41) is 0. The molecule has 0 N–H and O–H groups in total. The van der Waals surface area contributed by atoms with E-state index in [-0.39, 0.29) is 23.5 Å². The lowest BCUT2D eigenvalue weighted by Gasteiger charge is -2.24. The summed E-state index contributed by atoms with van der Waals surface area (Å²) < 4.78 is 41.6. The molecule has 7 nitrogen and oxygen atoms in total. The van der Waals surface area contributed by atoms with Gasteiger partial charge >= 0.3 is 12.6 Å². The molecule has 4 rings (SSSR count). The monoisotopic (exact) mass is 500 g/mol. The van der Waals surface area contributed by atoms with Crippen molar-refractivity contribution in [2.45, 2.75) is 26.5 Å². The summed E-state index contributed by atoms with van der Waals surface area (Å²) in [5.41, 5.74) is 1.73. The molecule has 1 aliphatic rings. The Bertz CT molecular complexity index is 1440. The lowest BCUT2D eigenvalue weighted by atomic mass is 9.96. The van der Waals surface area contributed by atoms with Crippen molar-refractivity contribution in [1.82, 2.24) is 4.57 Å². The first-order valence-corrected chi connectivity index (χ1v) is 11.5. The molecule has 10 heteroatoms. The highest BCUT2D eigenvalue weighted by molar-refractivity contribution is 7.07. The number of nitrogens with zero attached hydrogens (tertiary/aromatic N) is 2. The van der Waals surface area contributed by atoms with Crippen molar-refractivity contribution >= 4 is 23.4 Å². The van der Waals surface area contributed by atoms with E-state index in [0.717, 1.165) is 0 Å². The molecule has 182 valence electrons. The van der Waals surface area contributed by atoms with Crippen LogP contribution in [0.2, 0.25) is 0 Å². The first-order valence-electron chi connectivity index (χ1n) is 10.7. The number of thiazole rings is 1. The Morgan fingerprint density at radius 1 is 1.14 bits per heavy atom. The molecular weight excluding hydrogens is 478 g/mol. The Kier molecular flexibility index (Phi) is 7.11. The number of fused-ring (bicyclic) bond motifs is 1. The number of methoxy groups -OCH3 is 1. The summed E-state index contributed by atoms with van der Waals surface area (Å²) in [5.74, 6) is 0.116. The largest absolute Gasteiger partial charge is 0.497 e. The van der Waals surface area contributed by atoms with E-state index in [4.69, 9.17) is 9.47 Å². The van der Waals surface area contributed by atoms with Gasteiger partial charge in [0.2, 0.25) is 0 Å². The van der Waals surface area contributed by atoms with E-state index in [1.807, 2.05) is 0 Å². The van der Waals surface area contributed by atoms with Gasteiger partial charge in [0.1, 0.15) is 11.5 Å². The molecule has 0 bridgehead atoms. The molecule has 1 aromatic heterocycles. The number of ether oxygens (including phenoxy) is 3. The molecular formula is C25H22F2N2O5S. The van der Waals surface area contributed by atoms with Crippen LogP contribution in [0.4, 0.5) is 8.78 Å². The molecule has 0 radical (unpaired) electrons. The van der Waals surface area contributed by atoms with Crippen LogP contribution >= 0.6 is 11.3 Å². The van der Waals surface area contributed by atoms with Crippen LogP contribution in [0.15, 0.2) is 69.6 Å². The van der Waals surface area contributed by atoms with Gasteiger partial charge in [-0.3, -0.25) is 9.36 Å². The third-order valence-electron chi connectivity index (χ3n) is 5.35. The zero-order valence-corrected chi connectivity index (χ0v) is 20.0. The fourth-order valence-corrected chi connectivity index (χ4v) is 4.84. The first kappa shape index (κ1) is 24.3. The summed E-state index contributed by atoms with van der Waals surface area (Å²) >= 11 is 1.17. The van der Waals surface area contributed by atoms with E-state index < -0.39 is 18.6 Å². The third-order valence-corrected chi connectivity index (χ3v) is 6.33. The van der Waals surface area contributed by atoms with Crippen LogP contribution < -0.4 is 24.4 Å². The van der Waals surface area contributed by atoms with Crippen molar-refractivity contribution in [2.24, 2.45) is 4.99 Å². The number of carbonyl (C=O) groups is 1. The topological polar surface area (TPSA) is 79.1 Å². The lowest BCUT2D eigenvalue weighted by molar-refractivity contribution is -0.139. The predicted octanol–water partition coefficient (Wildman–Crippen LogP) is 3.41. The molecule has 1 atom stereocenters. The minimum atomic E-state index is -2.92. The maximum Gasteiger partial charge on any atom is 0.387 e. The van der Waals surface area contributed by atoms with Gasteiger partial charge < -0.3 is 14.2 Å². The molecule has 2 aromatic carbocycles. The van der Waals surface area contributed by atoms with Gasteiger partial charge in [-0.1, -0.05) is 35.6 Å². The average Bonchev–Trinajstić information content (AvgIpc) is 3.13. The third kappa shape index (κ3) is 5.02. The quantitative estimate of drug-likeness (QED) is 0.465.